The van der Waals surface area contributed by atoms with Crippen molar-refractivity contribution in [2.24, 2.45) is 0 Å². The van der Waals surface area contributed by atoms with Crippen LogP contribution in [0.25, 0.3) is 0 Å². The van der Waals surface area contributed by atoms with Crippen molar-refractivity contribution in [1.82, 2.24) is 9.71 Å². The molecular formula is C12H11ClN2O5S. The molecule has 0 aliphatic heterocycles. The number of aromatic nitrogens is 1. The van der Waals surface area contributed by atoms with Gasteiger partial charge < -0.3 is 9.52 Å². The van der Waals surface area contributed by atoms with Gasteiger partial charge in [-0.3, -0.25) is 0 Å². The van der Waals surface area contributed by atoms with Crippen LogP contribution in [0.4, 0.5) is 0 Å². The zero-order valence-corrected chi connectivity index (χ0v) is 12.2. The molecule has 7 nitrogen and oxygen atoms in total. The Kier molecular flexibility index (Phi) is 4.61. The summed E-state index contributed by atoms with van der Waals surface area (Å²) in [7, 11) is -3.90. The topological polar surface area (TPSA) is 110 Å². The molecule has 0 radical (unpaired) electrons. The summed E-state index contributed by atoms with van der Waals surface area (Å²) >= 11 is 5.82. The molecule has 112 valence electrons. The normalized spacial score (nSPS) is 11.5. The molecule has 9 heteroatoms. The number of sulfonamides is 1. The van der Waals surface area contributed by atoms with Crippen LogP contribution in [0.3, 0.4) is 0 Å². The second-order valence-corrected chi connectivity index (χ2v) is 6.22. The Morgan fingerprint density at radius 2 is 2.19 bits per heavy atom. The first kappa shape index (κ1) is 15.5. The van der Waals surface area contributed by atoms with Crippen LogP contribution in [-0.4, -0.2) is 31.0 Å². The van der Waals surface area contributed by atoms with Gasteiger partial charge in [-0.2, -0.15) is 0 Å². The first-order valence-corrected chi connectivity index (χ1v) is 7.66. The molecule has 1 aromatic heterocycles. The van der Waals surface area contributed by atoms with Crippen LogP contribution in [-0.2, 0) is 16.4 Å². The molecule has 2 aromatic rings. The third-order valence-electron chi connectivity index (χ3n) is 2.62. The number of carbonyl (C=O) groups is 1. The van der Waals surface area contributed by atoms with Crippen LogP contribution in [0.15, 0.2) is 40.2 Å². The Bertz CT molecular complexity index is 743. The van der Waals surface area contributed by atoms with Crippen LogP contribution in [0.2, 0.25) is 5.02 Å². The first-order valence-electron chi connectivity index (χ1n) is 5.80. The number of nitrogens with zero attached hydrogens (tertiary/aromatic N) is 1. The predicted molar refractivity (Wildman–Crippen MR) is 73.8 cm³/mol. The van der Waals surface area contributed by atoms with Gasteiger partial charge in [0.25, 0.3) is 0 Å². The monoisotopic (exact) mass is 330 g/mol. The molecule has 0 unspecified atom stereocenters. The molecule has 0 amide bonds. The third kappa shape index (κ3) is 3.81. The lowest BCUT2D eigenvalue weighted by molar-refractivity contribution is 0.0696. The quantitative estimate of drug-likeness (QED) is 0.831. The number of rotatable bonds is 6. The minimum absolute atomic E-state index is 0.0473. The minimum Gasteiger partial charge on any atom is -0.478 e. The Labute approximate surface area is 125 Å². The molecule has 0 aliphatic rings. The van der Waals surface area contributed by atoms with Gasteiger partial charge in [-0.1, -0.05) is 11.6 Å². The molecule has 0 fully saturated rings. The highest BCUT2D eigenvalue weighted by Gasteiger charge is 2.19. The lowest BCUT2D eigenvalue weighted by Crippen LogP contribution is -2.26. The van der Waals surface area contributed by atoms with Crippen molar-refractivity contribution >= 4 is 27.6 Å². The highest BCUT2D eigenvalue weighted by molar-refractivity contribution is 7.89. The summed E-state index contributed by atoms with van der Waals surface area (Å²) in [5.74, 6) is -1.23. The first-order chi connectivity index (χ1) is 9.90. The second kappa shape index (κ2) is 6.25. The van der Waals surface area contributed by atoms with Gasteiger partial charge in [0.05, 0.1) is 16.3 Å². The summed E-state index contributed by atoms with van der Waals surface area (Å²) in [6.45, 7) is 0.0858. The summed E-state index contributed by atoms with van der Waals surface area (Å²) in [5, 5.41) is 8.84. The van der Waals surface area contributed by atoms with Gasteiger partial charge in [-0.05, 0) is 18.2 Å². The van der Waals surface area contributed by atoms with Crippen LogP contribution < -0.4 is 4.72 Å². The van der Waals surface area contributed by atoms with Crippen molar-refractivity contribution in [3.05, 3.63) is 47.1 Å². The van der Waals surface area contributed by atoms with Crippen molar-refractivity contribution < 1.29 is 22.7 Å². The van der Waals surface area contributed by atoms with Gasteiger partial charge in [-0.25, -0.2) is 22.9 Å². The number of benzene rings is 1. The van der Waals surface area contributed by atoms with E-state index in [1.807, 2.05) is 0 Å². The SMILES string of the molecule is O=C(O)c1ccc(Cl)c(S(=O)(=O)NCCc2cocn2)c1. The van der Waals surface area contributed by atoms with E-state index in [4.69, 9.17) is 21.1 Å². The molecule has 0 aliphatic carbocycles. The van der Waals surface area contributed by atoms with Crippen molar-refractivity contribution in [3.8, 4) is 0 Å². The Balaban J connectivity index is 2.15. The zero-order chi connectivity index (χ0) is 15.5. The van der Waals surface area contributed by atoms with Crippen molar-refractivity contribution in [1.29, 1.82) is 0 Å². The fourth-order valence-corrected chi connectivity index (χ4v) is 3.15. The zero-order valence-electron chi connectivity index (χ0n) is 10.6. The lowest BCUT2D eigenvalue weighted by Gasteiger charge is -2.08. The Morgan fingerprint density at radius 3 is 2.81 bits per heavy atom. The molecule has 0 saturated carbocycles. The van der Waals surface area contributed by atoms with Gasteiger partial charge in [0.15, 0.2) is 6.39 Å². The number of oxazole rings is 1. The number of carboxylic acids is 1. The van der Waals surface area contributed by atoms with Crippen LogP contribution in [0.5, 0.6) is 0 Å². The molecule has 2 N–H and O–H groups in total. The van der Waals surface area contributed by atoms with E-state index >= 15 is 0 Å². The van der Waals surface area contributed by atoms with E-state index in [1.54, 1.807) is 0 Å². The van der Waals surface area contributed by atoms with Crippen molar-refractivity contribution in [2.75, 3.05) is 6.54 Å². The van der Waals surface area contributed by atoms with Gasteiger partial charge in [0.2, 0.25) is 10.0 Å². The molecule has 0 atom stereocenters. The van der Waals surface area contributed by atoms with E-state index in [9.17, 15) is 13.2 Å². The van der Waals surface area contributed by atoms with Gasteiger partial charge in [0, 0.05) is 13.0 Å². The Morgan fingerprint density at radius 1 is 1.43 bits per heavy atom. The van der Waals surface area contributed by atoms with Crippen molar-refractivity contribution in [2.45, 2.75) is 11.3 Å². The number of halogens is 1. The fraction of sp³-hybridized carbons (Fsp3) is 0.167. The van der Waals surface area contributed by atoms with E-state index < -0.39 is 16.0 Å². The molecular weight excluding hydrogens is 320 g/mol. The standard InChI is InChI=1S/C12H11ClN2O5S/c13-10-2-1-8(12(16)17)5-11(10)21(18,19)15-4-3-9-6-20-7-14-9/h1-2,5-7,15H,3-4H2,(H,16,17). The molecule has 21 heavy (non-hydrogen) atoms. The highest BCUT2D eigenvalue weighted by Crippen LogP contribution is 2.22. The maximum Gasteiger partial charge on any atom is 0.335 e. The predicted octanol–water partition coefficient (Wildman–Crippen LogP) is 1.55. The maximum absolute atomic E-state index is 12.1. The number of carboxylic acid groups (broad SMARTS) is 1. The fourth-order valence-electron chi connectivity index (χ4n) is 1.59. The van der Waals surface area contributed by atoms with Crippen LogP contribution in [0.1, 0.15) is 16.1 Å². The number of hydrogen-bond donors (Lipinski definition) is 2. The number of aromatic carboxylic acids is 1. The van der Waals surface area contributed by atoms with E-state index in [1.165, 1.54) is 24.8 Å². The van der Waals surface area contributed by atoms with Gasteiger partial charge in [0.1, 0.15) is 11.2 Å². The summed E-state index contributed by atoms with van der Waals surface area (Å²) in [5.41, 5.74) is 0.444. The van der Waals surface area contributed by atoms with Crippen molar-refractivity contribution in [3.63, 3.8) is 0 Å². The summed E-state index contributed by atoms with van der Waals surface area (Å²) < 4.78 is 31.3. The average Bonchev–Trinajstić information content (AvgIpc) is 2.91. The Hall–Kier alpha value is -1.90. The van der Waals surface area contributed by atoms with Crippen LogP contribution >= 0.6 is 11.6 Å². The van der Waals surface area contributed by atoms with E-state index in [-0.39, 0.29) is 22.0 Å². The second-order valence-electron chi connectivity index (χ2n) is 4.08. The minimum atomic E-state index is -3.90. The average molecular weight is 331 g/mol. The van der Waals surface area contributed by atoms with E-state index in [2.05, 4.69) is 9.71 Å². The molecule has 1 heterocycles. The lowest BCUT2D eigenvalue weighted by atomic mass is 10.2. The summed E-state index contributed by atoms with van der Waals surface area (Å²) in [6.07, 6.45) is 3.00. The number of nitrogens with one attached hydrogen (secondary N) is 1. The smallest absolute Gasteiger partial charge is 0.335 e. The maximum atomic E-state index is 12.1. The summed E-state index contributed by atoms with van der Waals surface area (Å²) in [6, 6.07) is 3.49. The largest absolute Gasteiger partial charge is 0.478 e. The van der Waals surface area contributed by atoms with Gasteiger partial charge >= 0.3 is 5.97 Å². The molecule has 0 spiro atoms. The molecule has 0 bridgehead atoms. The third-order valence-corrected chi connectivity index (χ3v) is 4.57. The highest BCUT2D eigenvalue weighted by atomic mass is 35.5. The van der Waals surface area contributed by atoms with E-state index in [0.29, 0.717) is 12.1 Å². The van der Waals surface area contributed by atoms with E-state index in [0.717, 1.165) is 6.07 Å². The molecule has 0 saturated heterocycles. The summed E-state index contributed by atoms with van der Waals surface area (Å²) in [4.78, 5) is 14.5. The molecule has 2 rings (SSSR count). The number of hydrogen-bond acceptors (Lipinski definition) is 5. The molecule has 1 aromatic carbocycles. The van der Waals surface area contributed by atoms with Gasteiger partial charge in [-0.15, -0.1) is 0 Å². The van der Waals surface area contributed by atoms with Crippen LogP contribution in [0, 0.1) is 0 Å².